The van der Waals surface area contributed by atoms with E-state index in [2.05, 4.69) is 4.18 Å². The Labute approximate surface area is 109 Å². The van der Waals surface area contributed by atoms with E-state index in [0.29, 0.717) is 10.8 Å². The molecule has 6 nitrogen and oxygen atoms in total. The van der Waals surface area contributed by atoms with Gasteiger partial charge in [0.05, 0.1) is 16.7 Å². The van der Waals surface area contributed by atoms with E-state index in [4.69, 9.17) is 0 Å². The molecule has 80 valence electrons. The summed E-state index contributed by atoms with van der Waals surface area (Å²) in [6, 6.07) is 0. The van der Waals surface area contributed by atoms with Crippen LogP contribution in [-0.4, -0.2) is 40.0 Å². The summed E-state index contributed by atoms with van der Waals surface area (Å²) in [6.07, 6.45) is 1.20. The molecule has 0 fully saturated rings. The summed E-state index contributed by atoms with van der Waals surface area (Å²) in [4.78, 5) is 0. The Kier molecular flexibility index (Phi) is 9.34. The monoisotopic (exact) mass is 272 g/mol. The molecule has 0 N–H and O–H groups in total. The van der Waals surface area contributed by atoms with Gasteiger partial charge in [-0.2, -0.15) is 8.42 Å². The first-order chi connectivity index (χ1) is 5.77. The minimum atomic E-state index is -4.28. The standard InChI is InChI=1S/C4H10O6S3.Na/c1-11-13(8,9)10-3-2-4-12(5,6)7;/h2-4H2,1H3,(H,5,6,7);/q;+1/p-1. The number of rotatable bonds is 6. The third-order valence-electron chi connectivity index (χ3n) is 0.970. The van der Waals surface area contributed by atoms with E-state index in [1.807, 2.05) is 0 Å². The summed E-state index contributed by atoms with van der Waals surface area (Å²) in [5.74, 6) is -0.614. The molecule has 0 heterocycles. The van der Waals surface area contributed by atoms with E-state index < -0.39 is 25.0 Å². The van der Waals surface area contributed by atoms with Crippen molar-refractivity contribution in [1.29, 1.82) is 0 Å². The van der Waals surface area contributed by atoms with E-state index >= 15 is 0 Å². The molecule has 0 aromatic carbocycles. The van der Waals surface area contributed by atoms with Crippen LogP contribution in [-0.2, 0) is 23.5 Å². The van der Waals surface area contributed by atoms with Crippen LogP contribution in [0.15, 0.2) is 0 Å². The maximum Gasteiger partial charge on any atom is 1.00 e. The minimum absolute atomic E-state index is 0. The molecule has 0 saturated heterocycles. The summed E-state index contributed by atoms with van der Waals surface area (Å²) < 4.78 is 55.8. The van der Waals surface area contributed by atoms with Crippen LogP contribution in [0.4, 0.5) is 0 Å². The molecule has 0 rings (SSSR count). The summed E-state index contributed by atoms with van der Waals surface area (Å²) in [5, 5.41) is 0. The molecule has 0 saturated carbocycles. The van der Waals surface area contributed by atoms with E-state index in [1.165, 1.54) is 6.26 Å². The third-order valence-corrected chi connectivity index (χ3v) is 4.14. The van der Waals surface area contributed by atoms with Gasteiger partial charge in [0.15, 0.2) is 0 Å². The Balaban J connectivity index is 0. The minimum Gasteiger partial charge on any atom is -0.748 e. The predicted molar refractivity (Wildman–Crippen MR) is 47.6 cm³/mol. The average molecular weight is 272 g/mol. The normalized spacial score (nSPS) is 12.1. The van der Waals surface area contributed by atoms with E-state index in [-0.39, 0.29) is 42.6 Å². The molecule has 0 aromatic heterocycles. The van der Waals surface area contributed by atoms with Gasteiger partial charge >= 0.3 is 38.7 Å². The summed E-state index contributed by atoms with van der Waals surface area (Å²) in [7, 11) is -7.39. The van der Waals surface area contributed by atoms with Crippen molar-refractivity contribution in [3.8, 4) is 0 Å². The molecule has 0 aliphatic rings. The van der Waals surface area contributed by atoms with Crippen molar-refractivity contribution in [3.63, 3.8) is 0 Å². The first kappa shape index (κ1) is 17.6. The fourth-order valence-corrected chi connectivity index (χ4v) is 1.83. The second kappa shape index (κ2) is 7.44. The van der Waals surface area contributed by atoms with Crippen LogP contribution in [0.25, 0.3) is 0 Å². The second-order valence-corrected chi connectivity index (χ2v) is 7.15. The maximum atomic E-state index is 10.6. The van der Waals surface area contributed by atoms with Gasteiger partial charge in [0.1, 0.15) is 0 Å². The smallest absolute Gasteiger partial charge is 0.748 e. The zero-order valence-corrected chi connectivity index (χ0v) is 12.2. The first-order valence-electron chi connectivity index (χ1n) is 3.15. The van der Waals surface area contributed by atoms with Crippen LogP contribution in [0.1, 0.15) is 6.42 Å². The molecule has 0 unspecified atom stereocenters. The molecule has 0 amide bonds. The second-order valence-electron chi connectivity index (χ2n) is 2.01. The van der Waals surface area contributed by atoms with Crippen molar-refractivity contribution in [2.24, 2.45) is 0 Å². The Morgan fingerprint density at radius 2 is 1.79 bits per heavy atom. The van der Waals surface area contributed by atoms with Gasteiger partial charge in [-0.05, 0) is 23.5 Å². The summed E-state index contributed by atoms with van der Waals surface area (Å²) in [6.45, 7) is -0.287. The largest absolute Gasteiger partial charge is 1.00 e. The fourth-order valence-electron chi connectivity index (χ4n) is 0.445. The molecule has 0 aliphatic heterocycles. The molecule has 10 heteroatoms. The molecule has 0 aliphatic carbocycles. The Hall–Kier alpha value is 1.17. The third kappa shape index (κ3) is 11.2. The van der Waals surface area contributed by atoms with Crippen molar-refractivity contribution in [3.05, 3.63) is 0 Å². The van der Waals surface area contributed by atoms with Crippen LogP contribution in [0.3, 0.4) is 0 Å². The summed E-state index contributed by atoms with van der Waals surface area (Å²) in [5.41, 5.74) is 0. The van der Waals surface area contributed by atoms with Crippen LogP contribution < -0.4 is 29.6 Å². The van der Waals surface area contributed by atoms with Gasteiger partial charge < -0.3 is 4.55 Å². The number of hydrogen-bond acceptors (Lipinski definition) is 7. The SMILES string of the molecule is CSS(=O)(=O)OCCCS(=O)(=O)[O-].[Na+]. The van der Waals surface area contributed by atoms with Crippen LogP contribution >= 0.6 is 10.8 Å². The van der Waals surface area contributed by atoms with Gasteiger partial charge in [0.2, 0.25) is 0 Å². The summed E-state index contributed by atoms with van der Waals surface area (Å²) >= 11 is 0. The van der Waals surface area contributed by atoms with Crippen molar-refractivity contribution in [2.75, 3.05) is 18.6 Å². The maximum absolute atomic E-state index is 10.6. The van der Waals surface area contributed by atoms with Crippen molar-refractivity contribution in [1.82, 2.24) is 0 Å². The first-order valence-corrected chi connectivity index (χ1v) is 7.88. The Morgan fingerprint density at radius 1 is 1.29 bits per heavy atom. The fraction of sp³-hybridized carbons (Fsp3) is 1.00. The number of hydrogen-bond donors (Lipinski definition) is 0. The molecule has 14 heavy (non-hydrogen) atoms. The molecular weight excluding hydrogens is 263 g/mol. The van der Waals surface area contributed by atoms with Crippen molar-refractivity contribution in [2.45, 2.75) is 6.42 Å². The molecule has 0 radical (unpaired) electrons. The van der Waals surface area contributed by atoms with Crippen LogP contribution in [0.5, 0.6) is 0 Å². The molecule has 0 spiro atoms. The zero-order chi connectivity index (χ0) is 10.5. The zero-order valence-electron chi connectivity index (χ0n) is 7.80. The van der Waals surface area contributed by atoms with Gasteiger partial charge in [0, 0.05) is 5.75 Å². The van der Waals surface area contributed by atoms with E-state index in [9.17, 15) is 21.4 Å². The van der Waals surface area contributed by atoms with Gasteiger partial charge in [-0.3, -0.25) is 4.18 Å². The Bertz CT molecular complexity index is 332. The van der Waals surface area contributed by atoms with Gasteiger partial charge in [-0.15, -0.1) is 0 Å². The quantitative estimate of drug-likeness (QED) is 0.214. The van der Waals surface area contributed by atoms with Crippen LogP contribution in [0, 0.1) is 0 Å². The molecular formula is C4H9NaO6S3. The Morgan fingerprint density at radius 3 is 2.14 bits per heavy atom. The molecule has 0 atom stereocenters. The topological polar surface area (TPSA) is 101 Å². The van der Waals surface area contributed by atoms with Gasteiger partial charge in [-0.1, -0.05) is 0 Å². The van der Waals surface area contributed by atoms with Crippen molar-refractivity contribution >= 4 is 30.1 Å². The molecule has 0 aromatic rings. The van der Waals surface area contributed by atoms with Gasteiger partial charge in [-0.25, -0.2) is 8.42 Å². The molecule has 0 bridgehead atoms. The van der Waals surface area contributed by atoms with Crippen LogP contribution in [0.2, 0.25) is 0 Å². The van der Waals surface area contributed by atoms with E-state index in [0.717, 1.165) is 0 Å². The van der Waals surface area contributed by atoms with Crippen molar-refractivity contribution < 1.29 is 55.1 Å². The predicted octanol–water partition coefficient (Wildman–Crippen LogP) is -3.45. The van der Waals surface area contributed by atoms with E-state index in [1.54, 1.807) is 0 Å². The van der Waals surface area contributed by atoms with Gasteiger partial charge in [0.25, 0.3) is 0 Å². The average Bonchev–Trinajstić information content (AvgIpc) is 1.97.